The lowest BCUT2D eigenvalue weighted by molar-refractivity contribution is -0.182. The van der Waals surface area contributed by atoms with Gasteiger partial charge in [0, 0.05) is 13.8 Å². The first-order chi connectivity index (χ1) is 7.91. The predicted octanol–water partition coefficient (Wildman–Crippen LogP) is -0.153. The van der Waals surface area contributed by atoms with Crippen molar-refractivity contribution < 1.29 is 33.7 Å². The minimum Gasteiger partial charge on any atom is -0.482 e. The molecule has 7 nitrogen and oxygen atoms in total. The van der Waals surface area contributed by atoms with Crippen molar-refractivity contribution >= 4 is 17.9 Å². The molecule has 0 bridgehead atoms. The third-order valence-electron chi connectivity index (χ3n) is 1.96. The summed E-state index contributed by atoms with van der Waals surface area (Å²) in [5.41, 5.74) is 0. The Bertz CT molecular complexity index is 360. The zero-order chi connectivity index (χ0) is 13.0. The summed E-state index contributed by atoms with van der Waals surface area (Å²) in [6, 6.07) is 0. The summed E-state index contributed by atoms with van der Waals surface area (Å²) in [4.78, 5) is 32.6. The summed E-state index contributed by atoms with van der Waals surface area (Å²) >= 11 is 0. The molecule has 0 aromatic carbocycles. The van der Waals surface area contributed by atoms with Crippen molar-refractivity contribution in [1.29, 1.82) is 0 Å². The molecule has 0 radical (unpaired) electrons. The summed E-state index contributed by atoms with van der Waals surface area (Å²) in [5, 5.41) is 8.88. The van der Waals surface area contributed by atoms with Crippen LogP contribution in [0.25, 0.3) is 0 Å². The van der Waals surface area contributed by atoms with Gasteiger partial charge in [0.25, 0.3) is 0 Å². The molecule has 0 amide bonds. The predicted molar refractivity (Wildman–Crippen MR) is 52.8 cm³/mol. The maximum absolute atomic E-state index is 10.9. The molecule has 0 saturated carbocycles. The molecular weight excluding hydrogens is 232 g/mol. The van der Waals surface area contributed by atoms with Crippen LogP contribution in [0.1, 0.15) is 13.8 Å². The fourth-order valence-corrected chi connectivity index (χ4v) is 1.38. The van der Waals surface area contributed by atoms with Gasteiger partial charge in [-0.05, 0) is 6.08 Å². The van der Waals surface area contributed by atoms with E-state index in [1.807, 2.05) is 0 Å². The van der Waals surface area contributed by atoms with Crippen LogP contribution in [0.3, 0.4) is 0 Å². The van der Waals surface area contributed by atoms with Gasteiger partial charge in [-0.1, -0.05) is 0 Å². The van der Waals surface area contributed by atoms with E-state index in [1.54, 1.807) is 0 Å². The molecular formula is C10H12O7. The van der Waals surface area contributed by atoms with Gasteiger partial charge in [0.15, 0.2) is 12.2 Å². The first kappa shape index (κ1) is 13.0. The summed E-state index contributed by atoms with van der Waals surface area (Å²) in [6.45, 7) is 2.30. The number of rotatable bonds is 3. The first-order valence-electron chi connectivity index (χ1n) is 4.81. The van der Waals surface area contributed by atoms with Crippen LogP contribution in [-0.4, -0.2) is 41.3 Å². The summed E-state index contributed by atoms with van der Waals surface area (Å²) in [5.74, 6) is -2.60. The second-order valence-corrected chi connectivity index (χ2v) is 3.37. The summed E-state index contributed by atoms with van der Waals surface area (Å²) in [7, 11) is 0. The zero-order valence-corrected chi connectivity index (χ0v) is 9.28. The fourth-order valence-electron chi connectivity index (χ4n) is 1.38. The van der Waals surface area contributed by atoms with Gasteiger partial charge in [-0.3, -0.25) is 9.59 Å². The van der Waals surface area contributed by atoms with E-state index in [1.165, 1.54) is 13.0 Å². The van der Waals surface area contributed by atoms with Crippen LogP contribution in [0.5, 0.6) is 0 Å². The van der Waals surface area contributed by atoms with Gasteiger partial charge < -0.3 is 19.3 Å². The number of carbonyl (C=O) groups excluding carboxylic acids is 2. The van der Waals surface area contributed by atoms with Gasteiger partial charge in [0.2, 0.25) is 6.10 Å². The Morgan fingerprint density at radius 3 is 2.24 bits per heavy atom. The van der Waals surface area contributed by atoms with Crippen LogP contribution in [0.4, 0.5) is 0 Å². The van der Waals surface area contributed by atoms with E-state index in [-0.39, 0.29) is 0 Å². The molecule has 17 heavy (non-hydrogen) atoms. The fraction of sp³-hybridized carbons (Fsp3) is 0.500. The SMILES string of the molecule is CC(=O)O[C@@H]1[C@@H](C(=O)O)OC=C[C@H]1OC(C)=O. The zero-order valence-electron chi connectivity index (χ0n) is 9.28. The number of esters is 2. The lowest BCUT2D eigenvalue weighted by Crippen LogP contribution is -2.48. The first-order valence-corrected chi connectivity index (χ1v) is 4.81. The van der Waals surface area contributed by atoms with Crippen molar-refractivity contribution in [2.24, 2.45) is 0 Å². The minimum absolute atomic E-state index is 0.608. The Labute approximate surface area is 96.9 Å². The van der Waals surface area contributed by atoms with Gasteiger partial charge in [0.05, 0.1) is 6.26 Å². The number of hydrogen-bond acceptors (Lipinski definition) is 6. The molecule has 3 atom stereocenters. The van der Waals surface area contributed by atoms with E-state index in [4.69, 9.17) is 19.3 Å². The van der Waals surface area contributed by atoms with Crippen molar-refractivity contribution in [2.45, 2.75) is 32.2 Å². The van der Waals surface area contributed by atoms with Gasteiger partial charge in [-0.2, -0.15) is 0 Å². The highest BCUT2D eigenvalue weighted by molar-refractivity contribution is 5.75. The van der Waals surface area contributed by atoms with E-state index >= 15 is 0 Å². The Kier molecular flexibility index (Phi) is 4.08. The lowest BCUT2D eigenvalue weighted by Gasteiger charge is -2.30. The number of aliphatic carboxylic acids is 1. The standard InChI is InChI=1S/C10H12O7/c1-5(11)16-7-3-4-15-9(10(13)14)8(7)17-6(2)12/h3-4,7-9H,1-2H3,(H,13,14)/t7-,8+,9+/m1/s1. The molecule has 1 aliphatic heterocycles. The Morgan fingerprint density at radius 1 is 1.18 bits per heavy atom. The largest absolute Gasteiger partial charge is 0.482 e. The van der Waals surface area contributed by atoms with Crippen LogP contribution in [-0.2, 0) is 28.6 Å². The van der Waals surface area contributed by atoms with Crippen molar-refractivity contribution in [3.8, 4) is 0 Å². The van der Waals surface area contributed by atoms with E-state index in [0.717, 1.165) is 13.2 Å². The number of carbonyl (C=O) groups is 3. The molecule has 0 aromatic rings. The number of hydrogen-bond donors (Lipinski definition) is 1. The van der Waals surface area contributed by atoms with Crippen LogP contribution in [0.2, 0.25) is 0 Å². The monoisotopic (exact) mass is 244 g/mol. The normalized spacial score (nSPS) is 26.8. The van der Waals surface area contributed by atoms with E-state index in [9.17, 15) is 14.4 Å². The van der Waals surface area contributed by atoms with Crippen LogP contribution in [0.15, 0.2) is 12.3 Å². The average molecular weight is 244 g/mol. The molecule has 0 fully saturated rings. The van der Waals surface area contributed by atoms with Crippen LogP contribution >= 0.6 is 0 Å². The highest BCUT2D eigenvalue weighted by atomic mass is 16.6. The second kappa shape index (κ2) is 5.33. The molecule has 0 aliphatic carbocycles. The number of carboxylic acid groups (broad SMARTS) is 1. The van der Waals surface area contributed by atoms with Gasteiger partial charge >= 0.3 is 17.9 Å². The highest BCUT2D eigenvalue weighted by Crippen LogP contribution is 2.19. The smallest absolute Gasteiger partial charge is 0.349 e. The van der Waals surface area contributed by atoms with Gasteiger partial charge in [0.1, 0.15) is 0 Å². The average Bonchev–Trinajstić information content (AvgIpc) is 2.18. The van der Waals surface area contributed by atoms with E-state index < -0.39 is 36.2 Å². The molecule has 94 valence electrons. The van der Waals surface area contributed by atoms with Crippen molar-refractivity contribution in [2.75, 3.05) is 0 Å². The van der Waals surface area contributed by atoms with Crippen molar-refractivity contribution in [3.63, 3.8) is 0 Å². The Hall–Kier alpha value is -2.05. The minimum atomic E-state index is -1.40. The molecule has 1 aliphatic rings. The topological polar surface area (TPSA) is 99.1 Å². The molecule has 0 saturated heterocycles. The lowest BCUT2D eigenvalue weighted by atomic mass is 10.1. The third kappa shape index (κ3) is 3.47. The van der Waals surface area contributed by atoms with Crippen LogP contribution in [0, 0.1) is 0 Å². The quantitative estimate of drug-likeness (QED) is 0.689. The Morgan fingerprint density at radius 2 is 1.76 bits per heavy atom. The maximum atomic E-state index is 10.9. The molecule has 0 spiro atoms. The van der Waals surface area contributed by atoms with Crippen molar-refractivity contribution in [1.82, 2.24) is 0 Å². The molecule has 1 heterocycles. The van der Waals surface area contributed by atoms with E-state index in [2.05, 4.69) is 0 Å². The third-order valence-corrected chi connectivity index (χ3v) is 1.96. The van der Waals surface area contributed by atoms with E-state index in [0.29, 0.717) is 0 Å². The van der Waals surface area contributed by atoms with Crippen molar-refractivity contribution in [3.05, 3.63) is 12.3 Å². The maximum Gasteiger partial charge on any atom is 0.349 e. The van der Waals surface area contributed by atoms with Crippen LogP contribution < -0.4 is 0 Å². The number of carboxylic acids is 1. The molecule has 1 rings (SSSR count). The summed E-state index contributed by atoms with van der Waals surface area (Å²) in [6.07, 6.45) is -1.14. The molecule has 0 aromatic heterocycles. The number of ether oxygens (including phenoxy) is 3. The molecule has 0 unspecified atom stereocenters. The van der Waals surface area contributed by atoms with Gasteiger partial charge in [-0.15, -0.1) is 0 Å². The highest BCUT2D eigenvalue weighted by Gasteiger charge is 2.41. The van der Waals surface area contributed by atoms with Gasteiger partial charge in [-0.25, -0.2) is 4.79 Å². The summed E-state index contributed by atoms with van der Waals surface area (Å²) < 4.78 is 14.5. The molecule has 7 heteroatoms. The second-order valence-electron chi connectivity index (χ2n) is 3.37. The Balaban J connectivity index is 2.89. The molecule has 1 N–H and O–H groups in total.